The van der Waals surface area contributed by atoms with E-state index < -0.39 is 0 Å². The lowest BCUT2D eigenvalue weighted by Crippen LogP contribution is -2.37. The number of hydrogen-bond acceptors (Lipinski definition) is 4. The average Bonchev–Trinajstić information content (AvgIpc) is 3.19. The molecule has 1 amide bonds. The van der Waals surface area contributed by atoms with Crippen molar-refractivity contribution >= 4 is 22.9 Å². The van der Waals surface area contributed by atoms with Crippen molar-refractivity contribution < 1.29 is 9.90 Å². The van der Waals surface area contributed by atoms with Crippen molar-refractivity contribution in [3.05, 3.63) is 46.4 Å². The standard InChI is InChI=1S/C17H19N3O2S/c1-3-13(9-21)18-17(22)15-14(12-6-8-23-10-12)19-16-11(2)5-4-7-20(15)16/h4-8,10,13,21H,3,9H2,1-2H3,(H,18,22). The lowest BCUT2D eigenvalue weighted by Gasteiger charge is -2.14. The largest absolute Gasteiger partial charge is 0.394 e. The number of hydrogen-bond donors (Lipinski definition) is 2. The van der Waals surface area contributed by atoms with Gasteiger partial charge in [0.15, 0.2) is 0 Å². The summed E-state index contributed by atoms with van der Waals surface area (Å²) in [7, 11) is 0. The van der Waals surface area contributed by atoms with Gasteiger partial charge < -0.3 is 10.4 Å². The number of aryl methyl sites for hydroxylation is 1. The maximum Gasteiger partial charge on any atom is 0.270 e. The Balaban J connectivity index is 2.15. The monoisotopic (exact) mass is 329 g/mol. The van der Waals surface area contributed by atoms with E-state index in [0.717, 1.165) is 16.8 Å². The third kappa shape index (κ3) is 2.87. The highest BCUT2D eigenvalue weighted by Crippen LogP contribution is 2.27. The number of imidazole rings is 1. The molecule has 3 rings (SSSR count). The Hall–Kier alpha value is -2.18. The topological polar surface area (TPSA) is 66.6 Å². The summed E-state index contributed by atoms with van der Waals surface area (Å²) in [5, 5.41) is 16.2. The second kappa shape index (κ2) is 6.52. The zero-order valence-corrected chi connectivity index (χ0v) is 13.9. The van der Waals surface area contributed by atoms with Crippen molar-refractivity contribution in [2.45, 2.75) is 26.3 Å². The molecule has 0 aromatic carbocycles. The number of carbonyl (C=O) groups is 1. The van der Waals surface area contributed by atoms with Crippen molar-refractivity contribution in [1.29, 1.82) is 0 Å². The highest BCUT2D eigenvalue weighted by molar-refractivity contribution is 7.08. The van der Waals surface area contributed by atoms with E-state index in [-0.39, 0.29) is 18.6 Å². The molecule has 1 unspecified atom stereocenters. The van der Waals surface area contributed by atoms with Gasteiger partial charge in [-0.25, -0.2) is 4.98 Å². The number of aromatic nitrogens is 2. The maximum absolute atomic E-state index is 12.8. The quantitative estimate of drug-likeness (QED) is 0.756. The van der Waals surface area contributed by atoms with Crippen LogP contribution in [0, 0.1) is 6.92 Å². The van der Waals surface area contributed by atoms with Gasteiger partial charge >= 0.3 is 0 Å². The van der Waals surface area contributed by atoms with Gasteiger partial charge in [0.05, 0.1) is 12.6 Å². The number of thiophene rings is 1. The molecule has 120 valence electrons. The maximum atomic E-state index is 12.8. The molecule has 0 spiro atoms. The van der Waals surface area contributed by atoms with Gasteiger partial charge in [0.1, 0.15) is 17.0 Å². The Kier molecular flexibility index (Phi) is 4.45. The number of carbonyl (C=O) groups excluding carboxylic acids is 1. The van der Waals surface area contributed by atoms with Crippen molar-refractivity contribution in [2.24, 2.45) is 0 Å². The molecule has 5 nitrogen and oxygen atoms in total. The summed E-state index contributed by atoms with van der Waals surface area (Å²) >= 11 is 1.57. The highest BCUT2D eigenvalue weighted by atomic mass is 32.1. The summed E-state index contributed by atoms with van der Waals surface area (Å²) in [4.78, 5) is 17.5. The molecule has 23 heavy (non-hydrogen) atoms. The van der Waals surface area contributed by atoms with Crippen LogP contribution in [0.2, 0.25) is 0 Å². The number of pyridine rings is 1. The van der Waals surface area contributed by atoms with Gasteiger partial charge in [0.2, 0.25) is 0 Å². The van der Waals surface area contributed by atoms with Crippen LogP contribution >= 0.6 is 11.3 Å². The first kappa shape index (κ1) is 15.7. The molecule has 1 atom stereocenters. The Morgan fingerprint density at radius 3 is 2.96 bits per heavy atom. The predicted octanol–water partition coefficient (Wildman–Crippen LogP) is 2.87. The number of amides is 1. The molecule has 2 N–H and O–H groups in total. The summed E-state index contributed by atoms with van der Waals surface area (Å²) in [6.45, 7) is 3.83. The molecule has 6 heteroatoms. The lowest BCUT2D eigenvalue weighted by atomic mass is 10.1. The van der Waals surface area contributed by atoms with Gasteiger partial charge in [-0.05, 0) is 36.4 Å². The first-order valence-electron chi connectivity index (χ1n) is 7.57. The second-order valence-electron chi connectivity index (χ2n) is 5.47. The number of nitrogens with one attached hydrogen (secondary N) is 1. The zero-order chi connectivity index (χ0) is 16.4. The van der Waals surface area contributed by atoms with Crippen molar-refractivity contribution in [1.82, 2.24) is 14.7 Å². The zero-order valence-electron chi connectivity index (χ0n) is 13.1. The average molecular weight is 329 g/mol. The van der Waals surface area contributed by atoms with Gasteiger partial charge in [-0.15, -0.1) is 0 Å². The molecule has 0 bridgehead atoms. The van der Waals surface area contributed by atoms with Gasteiger partial charge in [-0.3, -0.25) is 9.20 Å². The number of rotatable bonds is 5. The minimum absolute atomic E-state index is 0.0776. The van der Waals surface area contributed by atoms with Crippen LogP contribution in [0.25, 0.3) is 16.9 Å². The van der Waals surface area contributed by atoms with Crippen LogP contribution in [0.5, 0.6) is 0 Å². The predicted molar refractivity (Wildman–Crippen MR) is 91.9 cm³/mol. The lowest BCUT2D eigenvalue weighted by molar-refractivity contribution is 0.0909. The van der Waals surface area contributed by atoms with Gasteiger partial charge in [-0.1, -0.05) is 13.0 Å². The fraction of sp³-hybridized carbons (Fsp3) is 0.294. The van der Waals surface area contributed by atoms with Crippen LogP contribution in [0.15, 0.2) is 35.2 Å². The smallest absolute Gasteiger partial charge is 0.270 e. The SMILES string of the molecule is CCC(CO)NC(=O)c1c(-c2ccsc2)nc2c(C)cccn12. The summed E-state index contributed by atoms with van der Waals surface area (Å²) < 4.78 is 1.82. The molecule has 0 saturated carbocycles. The highest BCUT2D eigenvalue weighted by Gasteiger charge is 2.23. The van der Waals surface area contributed by atoms with Crippen molar-refractivity contribution in [3.63, 3.8) is 0 Å². The minimum Gasteiger partial charge on any atom is -0.394 e. The van der Waals surface area contributed by atoms with Crippen molar-refractivity contribution in [2.75, 3.05) is 6.61 Å². The Morgan fingerprint density at radius 2 is 2.30 bits per heavy atom. The number of nitrogens with zero attached hydrogens (tertiary/aromatic N) is 2. The van der Waals surface area contributed by atoms with E-state index in [2.05, 4.69) is 10.3 Å². The van der Waals surface area contributed by atoms with E-state index in [9.17, 15) is 9.90 Å². The second-order valence-corrected chi connectivity index (χ2v) is 6.25. The Morgan fingerprint density at radius 1 is 1.48 bits per heavy atom. The third-order valence-corrected chi connectivity index (χ3v) is 4.59. The van der Waals surface area contributed by atoms with Crippen LogP contribution in [-0.2, 0) is 0 Å². The molecule has 0 fully saturated rings. The number of aliphatic hydroxyl groups is 1. The molecular weight excluding hydrogens is 310 g/mol. The summed E-state index contributed by atoms with van der Waals surface area (Å²) in [5.74, 6) is -0.217. The molecule has 3 aromatic heterocycles. The normalized spacial score (nSPS) is 12.5. The molecule has 0 saturated heterocycles. The molecule has 0 aliphatic heterocycles. The molecule has 0 aliphatic carbocycles. The van der Waals surface area contributed by atoms with E-state index in [4.69, 9.17) is 0 Å². The fourth-order valence-corrected chi connectivity index (χ4v) is 3.19. The first-order valence-corrected chi connectivity index (χ1v) is 8.52. The van der Waals surface area contributed by atoms with E-state index in [1.165, 1.54) is 0 Å². The molecular formula is C17H19N3O2S. The molecule has 0 radical (unpaired) electrons. The van der Waals surface area contributed by atoms with Crippen LogP contribution in [-0.4, -0.2) is 33.0 Å². The minimum atomic E-state index is -0.256. The molecule has 3 aromatic rings. The van der Waals surface area contributed by atoms with Crippen LogP contribution in [0.1, 0.15) is 29.4 Å². The third-order valence-electron chi connectivity index (χ3n) is 3.90. The van der Waals surface area contributed by atoms with E-state index in [0.29, 0.717) is 17.8 Å². The fourth-order valence-electron chi connectivity index (χ4n) is 2.55. The number of aliphatic hydroxyl groups excluding tert-OH is 1. The summed E-state index contributed by atoms with van der Waals surface area (Å²) in [5.41, 5.74) is 3.90. The summed E-state index contributed by atoms with van der Waals surface area (Å²) in [6.07, 6.45) is 2.52. The number of fused-ring (bicyclic) bond motifs is 1. The van der Waals surface area contributed by atoms with Gasteiger partial charge in [0.25, 0.3) is 5.91 Å². The molecule has 0 aliphatic rings. The van der Waals surface area contributed by atoms with Gasteiger partial charge in [0, 0.05) is 17.1 Å². The van der Waals surface area contributed by atoms with Gasteiger partial charge in [-0.2, -0.15) is 11.3 Å². The van der Waals surface area contributed by atoms with E-state index in [1.54, 1.807) is 11.3 Å². The van der Waals surface area contributed by atoms with Crippen LogP contribution in [0.4, 0.5) is 0 Å². The summed E-state index contributed by atoms with van der Waals surface area (Å²) in [6, 6.07) is 5.58. The van der Waals surface area contributed by atoms with Crippen LogP contribution < -0.4 is 5.32 Å². The Bertz CT molecular complexity index is 820. The Labute approximate surface area is 138 Å². The van der Waals surface area contributed by atoms with Crippen molar-refractivity contribution in [3.8, 4) is 11.3 Å². The van der Waals surface area contributed by atoms with E-state index >= 15 is 0 Å². The first-order chi connectivity index (χ1) is 11.2. The van der Waals surface area contributed by atoms with E-state index in [1.807, 2.05) is 53.4 Å². The molecule has 3 heterocycles. The van der Waals surface area contributed by atoms with Crippen LogP contribution in [0.3, 0.4) is 0 Å².